The molecule has 7 nitrogen and oxygen atoms in total. The fraction of sp³-hybridized carbons (Fsp3) is 0.476. The first-order chi connectivity index (χ1) is 14.1. The molecule has 1 amide bonds. The molecule has 1 fully saturated rings. The van der Waals surface area contributed by atoms with E-state index in [-0.39, 0.29) is 29.9 Å². The van der Waals surface area contributed by atoms with Crippen LogP contribution in [0.15, 0.2) is 35.5 Å². The van der Waals surface area contributed by atoms with E-state index in [1.807, 2.05) is 54.1 Å². The van der Waals surface area contributed by atoms with E-state index >= 15 is 0 Å². The molecule has 0 bridgehead atoms. The number of piperazine rings is 1. The van der Waals surface area contributed by atoms with Crippen LogP contribution >= 0.6 is 35.6 Å². The monoisotopic (exact) mass is 544 g/mol. The number of guanidine groups is 1. The van der Waals surface area contributed by atoms with E-state index < -0.39 is 0 Å². The zero-order valence-corrected chi connectivity index (χ0v) is 20.6. The van der Waals surface area contributed by atoms with Gasteiger partial charge in [-0.15, -0.1) is 24.0 Å². The van der Waals surface area contributed by atoms with Gasteiger partial charge in [0, 0.05) is 43.4 Å². The summed E-state index contributed by atoms with van der Waals surface area (Å²) < 4.78 is 0. The average Bonchev–Trinajstić information content (AvgIpc) is 3.12. The Balaban J connectivity index is 0.00000320. The number of nitrogens with zero attached hydrogens (tertiary/aromatic N) is 4. The lowest BCUT2D eigenvalue weighted by molar-refractivity contribution is -0.135. The number of aromatic amines is 1. The molecule has 0 saturated carbocycles. The summed E-state index contributed by atoms with van der Waals surface area (Å²) in [6, 6.07) is 7.65. The molecule has 30 heavy (non-hydrogen) atoms. The lowest BCUT2D eigenvalue weighted by atomic mass is 10.1. The third-order valence-corrected chi connectivity index (χ3v) is 5.29. The number of aliphatic imine (C=N–C) groups is 1. The number of hydrogen-bond acceptors (Lipinski definition) is 3. The van der Waals surface area contributed by atoms with Gasteiger partial charge in [0.25, 0.3) is 0 Å². The van der Waals surface area contributed by atoms with Crippen molar-refractivity contribution in [2.75, 3.05) is 32.7 Å². The predicted octanol–water partition coefficient (Wildman–Crippen LogP) is 3.23. The number of aromatic nitrogens is 2. The molecular formula is C21H30ClIN6O. The van der Waals surface area contributed by atoms with Crippen molar-refractivity contribution in [3.8, 4) is 0 Å². The summed E-state index contributed by atoms with van der Waals surface area (Å²) in [6.07, 6.45) is 3.77. The number of carbonyl (C=O) groups is 1. The van der Waals surface area contributed by atoms with E-state index in [1.165, 1.54) is 5.56 Å². The van der Waals surface area contributed by atoms with Crippen LogP contribution < -0.4 is 5.32 Å². The molecule has 2 heterocycles. The molecule has 2 N–H and O–H groups in total. The van der Waals surface area contributed by atoms with Gasteiger partial charge in [0.1, 0.15) is 0 Å². The number of H-pyrrole nitrogens is 1. The fourth-order valence-electron chi connectivity index (χ4n) is 3.37. The number of hydrogen-bond donors (Lipinski definition) is 2. The number of benzene rings is 1. The predicted molar refractivity (Wildman–Crippen MR) is 131 cm³/mol. The summed E-state index contributed by atoms with van der Waals surface area (Å²) in [5.41, 5.74) is 3.44. The number of nitrogens with one attached hydrogen (secondary N) is 2. The molecule has 3 rings (SSSR count). The summed E-state index contributed by atoms with van der Waals surface area (Å²) in [7, 11) is 0. The second-order valence-corrected chi connectivity index (χ2v) is 7.66. The molecule has 0 radical (unpaired) electrons. The third-order valence-electron chi connectivity index (χ3n) is 5.04. The molecule has 1 aliphatic heterocycles. The van der Waals surface area contributed by atoms with E-state index in [2.05, 4.69) is 15.5 Å². The summed E-state index contributed by atoms with van der Waals surface area (Å²) in [6.45, 7) is 7.98. The summed E-state index contributed by atoms with van der Waals surface area (Å²) >= 11 is 5.94. The van der Waals surface area contributed by atoms with Gasteiger partial charge in [-0.2, -0.15) is 5.10 Å². The molecule has 1 aromatic carbocycles. The van der Waals surface area contributed by atoms with Gasteiger partial charge < -0.3 is 15.1 Å². The number of rotatable bonds is 7. The molecular weight excluding hydrogens is 515 g/mol. The van der Waals surface area contributed by atoms with Crippen LogP contribution in [0, 0.1) is 6.92 Å². The molecule has 0 aliphatic carbocycles. The van der Waals surface area contributed by atoms with Crippen LogP contribution in [0.4, 0.5) is 0 Å². The van der Waals surface area contributed by atoms with Crippen molar-refractivity contribution in [1.29, 1.82) is 0 Å². The summed E-state index contributed by atoms with van der Waals surface area (Å²) in [5, 5.41) is 11.1. The molecule has 2 aromatic rings. The third kappa shape index (κ3) is 6.87. The van der Waals surface area contributed by atoms with E-state index in [9.17, 15) is 4.79 Å². The van der Waals surface area contributed by atoms with Gasteiger partial charge in [0.15, 0.2) is 5.96 Å². The standard InChI is InChI=1S/C21H29ClN6O.HI/c1-3-23-21(24-10-4-5-18-13-25-26-16(18)2)28-12-11-27(20(29)15-28)14-17-6-8-19(22)9-7-17;/h6-9,13H,3-5,10-12,14-15H2,1-2H3,(H,23,24)(H,25,26);1H. The SMILES string of the molecule is CCNC(=NCCCc1cn[nH]c1C)N1CCN(Cc2ccc(Cl)cc2)C(=O)C1.I. The van der Waals surface area contributed by atoms with Crippen molar-refractivity contribution < 1.29 is 4.79 Å². The summed E-state index contributed by atoms with van der Waals surface area (Å²) in [5.74, 6) is 0.932. The average molecular weight is 545 g/mol. The Hall–Kier alpha value is -1.81. The number of halogens is 2. The first-order valence-electron chi connectivity index (χ1n) is 10.1. The van der Waals surface area contributed by atoms with E-state index in [4.69, 9.17) is 16.6 Å². The first kappa shape index (κ1) is 24.5. The Morgan fingerprint density at radius 1 is 1.30 bits per heavy atom. The zero-order chi connectivity index (χ0) is 20.6. The van der Waals surface area contributed by atoms with Gasteiger partial charge in [-0.25, -0.2) is 0 Å². The minimum atomic E-state index is 0. The molecule has 9 heteroatoms. The van der Waals surface area contributed by atoms with Crippen LogP contribution in [0.3, 0.4) is 0 Å². The van der Waals surface area contributed by atoms with Crippen molar-refractivity contribution >= 4 is 47.4 Å². The zero-order valence-electron chi connectivity index (χ0n) is 17.5. The number of carbonyl (C=O) groups excluding carboxylic acids is 1. The van der Waals surface area contributed by atoms with Crippen LogP contribution in [0.25, 0.3) is 0 Å². The molecule has 0 spiro atoms. The smallest absolute Gasteiger partial charge is 0.242 e. The van der Waals surface area contributed by atoms with Gasteiger partial charge >= 0.3 is 0 Å². The van der Waals surface area contributed by atoms with Crippen LogP contribution in [0.5, 0.6) is 0 Å². The maximum atomic E-state index is 12.7. The lowest BCUT2D eigenvalue weighted by Crippen LogP contribution is -2.55. The second-order valence-electron chi connectivity index (χ2n) is 7.22. The van der Waals surface area contributed by atoms with Gasteiger partial charge in [-0.05, 0) is 49.9 Å². The molecule has 1 aliphatic rings. The highest BCUT2D eigenvalue weighted by molar-refractivity contribution is 14.0. The molecule has 0 unspecified atom stereocenters. The molecule has 1 aromatic heterocycles. The maximum Gasteiger partial charge on any atom is 0.242 e. The first-order valence-corrected chi connectivity index (χ1v) is 10.5. The highest BCUT2D eigenvalue weighted by atomic mass is 127. The van der Waals surface area contributed by atoms with Crippen molar-refractivity contribution in [3.05, 3.63) is 52.3 Å². The van der Waals surface area contributed by atoms with Crippen LogP contribution in [0.2, 0.25) is 5.02 Å². The van der Waals surface area contributed by atoms with E-state index in [0.29, 0.717) is 31.2 Å². The Morgan fingerprint density at radius 2 is 2.07 bits per heavy atom. The molecule has 164 valence electrons. The fourth-order valence-corrected chi connectivity index (χ4v) is 3.50. The Bertz CT molecular complexity index is 838. The minimum Gasteiger partial charge on any atom is -0.357 e. The normalized spacial score (nSPS) is 14.6. The van der Waals surface area contributed by atoms with Crippen LogP contribution in [-0.2, 0) is 17.8 Å². The minimum absolute atomic E-state index is 0. The molecule has 0 atom stereocenters. The second kappa shape index (κ2) is 12.1. The highest BCUT2D eigenvalue weighted by Gasteiger charge is 2.25. The highest BCUT2D eigenvalue weighted by Crippen LogP contribution is 2.14. The number of aryl methyl sites for hydroxylation is 2. The lowest BCUT2D eigenvalue weighted by Gasteiger charge is -2.36. The Kier molecular flexibility index (Phi) is 9.90. The van der Waals surface area contributed by atoms with Crippen LogP contribution in [0.1, 0.15) is 30.2 Å². The summed E-state index contributed by atoms with van der Waals surface area (Å²) in [4.78, 5) is 21.4. The topological polar surface area (TPSA) is 76.6 Å². The quantitative estimate of drug-likeness (QED) is 0.243. The van der Waals surface area contributed by atoms with Crippen molar-refractivity contribution in [2.24, 2.45) is 4.99 Å². The van der Waals surface area contributed by atoms with Crippen molar-refractivity contribution in [1.82, 2.24) is 25.3 Å². The Morgan fingerprint density at radius 3 is 2.70 bits per heavy atom. The van der Waals surface area contributed by atoms with E-state index in [0.717, 1.165) is 43.1 Å². The van der Waals surface area contributed by atoms with Gasteiger partial charge in [0.2, 0.25) is 5.91 Å². The number of amides is 1. The maximum absolute atomic E-state index is 12.7. The Labute approximate surface area is 200 Å². The van der Waals surface area contributed by atoms with Gasteiger partial charge in [-0.3, -0.25) is 14.9 Å². The largest absolute Gasteiger partial charge is 0.357 e. The van der Waals surface area contributed by atoms with E-state index in [1.54, 1.807) is 0 Å². The van der Waals surface area contributed by atoms with Crippen LogP contribution in [-0.4, -0.2) is 64.6 Å². The van der Waals surface area contributed by atoms with Gasteiger partial charge in [-0.1, -0.05) is 23.7 Å². The van der Waals surface area contributed by atoms with Crippen molar-refractivity contribution in [3.63, 3.8) is 0 Å². The van der Waals surface area contributed by atoms with Crippen molar-refractivity contribution in [2.45, 2.75) is 33.2 Å². The van der Waals surface area contributed by atoms with Gasteiger partial charge in [0.05, 0.1) is 12.7 Å². The molecule has 1 saturated heterocycles.